The van der Waals surface area contributed by atoms with Gasteiger partial charge in [-0.05, 0) is 35.0 Å². The Bertz CT molecular complexity index is 924. The van der Waals surface area contributed by atoms with Crippen LogP contribution in [0.3, 0.4) is 0 Å². The zero-order valence-electron chi connectivity index (χ0n) is 13.0. The average Bonchev–Trinajstić information content (AvgIpc) is 2.59. The molecule has 0 aliphatic heterocycles. The molecule has 0 heterocycles. The Labute approximate surface area is 154 Å². The predicted molar refractivity (Wildman–Crippen MR) is 98.4 cm³/mol. The molecule has 0 fully saturated rings. The summed E-state index contributed by atoms with van der Waals surface area (Å²) in [6.45, 7) is 0.394. The topological polar surface area (TPSA) is 55.8 Å². The molecule has 4 nitrogen and oxygen atoms in total. The van der Waals surface area contributed by atoms with E-state index in [4.69, 9.17) is 32.7 Å². The van der Waals surface area contributed by atoms with E-state index < -0.39 is 5.97 Å². The first-order valence-corrected chi connectivity index (χ1v) is 8.27. The number of carbonyl (C=O) groups is 1. The van der Waals surface area contributed by atoms with Crippen molar-refractivity contribution in [1.29, 1.82) is 0 Å². The first-order valence-electron chi connectivity index (χ1n) is 7.52. The van der Waals surface area contributed by atoms with E-state index in [1.165, 1.54) is 0 Å². The molecule has 0 aliphatic carbocycles. The van der Waals surface area contributed by atoms with Crippen LogP contribution in [0.1, 0.15) is 10.4 Å². The van der Waals surface area contributed by atoms with Crippen molar-refractivity contribution in [3.63, 3.8) is 0 Å². The monoisotopic (exact) mass is 376 g/mol. The maximum Gasteiger partial charge on any atom is 0.340 e. The van der Waals surface area contributed by atoms with Gasteiger partial charge in [0.25, 0.3) is 0 Å². The molecule has 0 amide bonds. The van der Waals surface area contributed by atoms with Crippen molar-refractivity contribution < 1.29 is 19.4 Å². The Hall–Kier alpha value is -2.43. The van der Waals surface area contributed by atoms with E-state index in [2.05, 4.69) is 0 Å². The number of benzene rings is 3. The van der Waals surface area contributed by atoms with Crippen LogP contribution in [0.2, 0.25) is 10.0 Å². The van der Waals surface area contributed by atoms with Crippen LogP contribution in [0, 0.1) is 0 Å². The molecule has 3 aromatic carbocycles. The quantitative estimate of drug-likeness (QED) is 0.592. The fourth-order valence-electron chi connectivity index (χ4n) is 2.49. The minimum atomic E-state index is -1.03. The summed E-state index contributed by atoms with van der Waals surface area (Å²) in [5.74, 6) is -0.239. The normalized spacial score (nSPS) is 10.6. The molecule has 0 saturated heterocycles. The van der Waals surface area contributed by atoms with Crippen LogP contribution in [-0.4, -0.2) is 24.3 Å². The molecule has 25 heavy (non-hydrogen) atoms. The lowest BCUT2D eigenvalue weighted by Gasteiger charge is -2.13. The zero-order chi connectivity index (χ0) is 17.8. The van der Waals surface area contributed by atoms with Crippen LogP contribution in [0.15, 0.2) is 54.6 Å². The van der Waals surface area contributed by atoms with Gasteiger partial charge in [-0.15, -0.1) is 0 Å². The second-order valence-electron chi connectivity index (χ2n) is 5.24. The highest BCUT2D eigenvalue weighted by Gasteiger charge is 2.15. The smallest absolute Gasteiger partial charge is 0.340 e. The van der Waals surface area contributed by atoms with Crippen molar-refractivity contribution in [2.75, 3.05) is 13.2 Å². The molecule has 3 rings (SSSR count). The van der Waals surface area contributed by atoms with Crippen LogP contribution in [-0.2, 0) is 0 Å². The van der Waals surface area contributed by atoms with Crippen LogP contribution >= 0.6 is 23.2 Å². The molecule has 0 aliphatic rings. The van der Waals surface area contributed by atoms with E-state index in [-0.39, 0.29) is 18.8 Å². The van der Waals surface area contributed by atoms with E-state index in [9.17, 15) is 9.90 Å². The number of halogens is 2. The van der Waals surface area contributed by atoms with Crippen molar-refractivity contribution in [3.05, 3.63) is 70.2 Å². The highest BCUT2D eigenvalue weighted by Crippen LogP contribution is 2.29. The summed E-state index contributed by atoms with van der Waals surface area (Å²) in [5.41, 5.74) is 0.141. The Balaban J connectivity index is 1.71. The van der Waals surface area contributed by atoms with Crippen LogP contribution in [0.4, 0.5) is 0 Å². The molecule has 128 valence electrons. The van der Waals surface area contributed by atoms with Gasteiger partial charge in [0.05, 0.1) is 5.02 Å². The summed E-state index contributed by atoms with van der Waals surface area (Å²) in [4.78, 5) is 11.6. The van der Waals surface area contributed by atoms with Gasteiger partial charge in [0.15, 0.2) is 0 Å². The number of aromatic carboxylic acids is 1. The van der Waals surface area contributed by atoms with Gasteiger partial charge in [0.2, 0.25) is 0 Å². The number of ether oxygens (including phenoxy) is 2. The second-order valence-corrected chi connectivity index (χ2v) is 6.08. The standard InChI is InChI=1S/C19H14Cl2O4/c20-13-6-8-16(15(21)11-13)24-9-10-25-17-7-5-12-3-1-2-4-14(12)18(17)19(22)23/h1-8,11H,9-10H2,(H,22,23). The van der Waals surface area contributed by atoms with Crippen LogP contribution in [0.25, 0.3) is 10.8 Å². The third-order valence-corrected chi connectivity index (χ3v) is 4.13. The maximum atomic E-state index is 11.6. The molecule has 0 aromatic heterocycles. The summed E-state index contributed by atoms with van der Waals surface area (Å²) < 4.78 is 11.2. The van der Waals surface area contributed by atoms with E-state index in [0.29, 0.717) is 26.9 Å². The Morgan fingerprint density at radius 3 is 2.32 bits per heavy atom. The number of hydrogen-bond donors (Lipinski definition) is 1. The minimum Gasteiger partial charge on any atom is -0.489 e. The van der Waals surface area contributed by atoms with E-state index >= 15 is 0 Å². The van der Waals surface area contributed by atoms with Gasteiger partial charge in [-0.25, -0.2) is 4.79 Å². The van der Waals surface area contributed by atoms with E-state index in [1.807, 2.05) is 18.2 Å². The highest BCUT2D eigenvalue weighted by atomic mass is 35.5. The summed E-state index contributed by atoms with van der Waals surface area (Å²) in [6, 6.07) is 15.7. The van der Waals surface area contributed by atoms with Gasteiger partial charge >= 0.3 is 5.97 Å². The molecular weight excluding hydrogens is 363 g/mol. The Morgan fingerprint density at radius 2 is 1.60 bits per heavy atom. The van der Waals surface area contributed by atoms with E-state index in [1.54, 1.807) is 36.4 Å². The molecule has 6 heteroatoms. The summed E-state index contributed by atoms with van der Waals surface area (Å²) in [5, 5.41) is 11.9. The number of hydrogen-bond acceptors (Lipinski definition) is 3. The lowest BCUT2D eigenvalue weighted by molar-refractivity contribution is 0.0693. The SMILES string of the molecule is O=C(O)c1c(OCCOc2ccc(Cl)cc2Cl)ccc2ccccc12. The summed E-state index contributed by atoms with van der Waals surface area (Å²) in [7, 11) is 0. The van der Waals surface area contributed by atoms with Crippen LogP contribution in [0.5, 0.6) is 11.5 Å². The van der Waals surface area contributed by atoms with E-state index in [0.717, 1.165) is 5.39 Å². The van der Waals surface area contributed by atoms with Crippen molar-refractivity contribution in [2.24, 2.45) is 0 Å². The van der Waals surface area contributed by atoms with Gasteiger partial charge in [-0.2, -0.15) is 0 Å². The Kier molecular flexibility index (Phi) is 5.31. The number of rotatable bonds is 6. The molecule has 0 saturated carbocycles. The third-order valence-electron chi connectivity index (χ3n) is 3.60. The molecular formula is C19H14Cl2O4. The largest absolute Gasteiger partial charge is 0.489 e. The second kappa shape index (κ2) is 7.64. The molecule has 0 spiro atoms. The third kappa shape index (κ3) is 3.98. The van der Waals surface area contributed by atoms with Gasteiger partial charge in [-0.1, -0.05) is 53.5 Å². The summed E-state index contributed by atoms with van der Waals surface area (Å²) in [6.07, 6.45) is 0. The lowest BCUT2D eigenvalue weighted by Crippen LogP contribution is -2.11. The van der Waals surface area contributed by atoms with Crippen molar-refractivity contribution in [2.45, 2.75) is 0 Å². The molecule has 0 atom stereocenters. The maximum absolute atomic E-state index is 11.6. The fraction of sp³-hybridized carbons (Fsp3) is 0.105. The Morgan fingerprint density at radius 1 is 0.920 bits per heavy atom. The molecule has 0 unspecified atom stereocenters. The molecule has 1 N–H and O–H groups in total. The summed E-state index contributed by atoms with van der Waals surface area (Å²) >= 11 is 11.9. The number of fused-ring (bicyclic) bond motifs is 1. The fourth-order valence-corrected chi connectivity index (χ4v) is 2.95. The average molecular weight is 377 g/mol. The van der Waals surface area contributed by atoms with Crippen LogP contribution < -0.4 is 9.47 Å². The van der Waals surface area contributed by atoms with Gasteiger partial charge in [0.1, 0.15) is 30.3 Å². The zero-order valence-corrected chi connectivity index (χ0v) is 14.6. The van der Waals surface area contributed by atoms with Gasteiger partial charge in [-0.3, -0.25) is 0 Å². The van der Waals surface area contributed by atoms with Crippen molar-refractivity contribution >= 4 is 39.9 Å². The first-order chi connectivity index (χ1) is 12.1. The molecule has 0 radical (unpaired) electrons. The number of carboxylic acid groups (broad SMARTS) is 1. The highest BCUT2D eigenvalue weighted by molar-refractivity contribution is 6.35. The minimum absolute atomic E-state index is 0.141. The lowest BCUT2D eigenvalue weighted by atomic mass is 10.0. The van der Waals surface area contributed by atoms with Gasteiger partial charge < -0.3 is 14.6 Å². The first kappa shape index (κ1) is 17.4. The molecule has 0 bridgehead atoms. The predicted octanol–water partition coefficient (Wildman–Crippen LogP) is 5.30. The molecule has 3 aromatic rings. The van der Waals surface area contributed by atoms with Gasteiger partial charge in [0, 0.05) is 5.02 Å². The van der Waals surface area contributed by atoms with Crippen molar-refractivity contribution in [1.82, 2.24) is 0 Å². The number of carboxylic acids is 1. The van der Waals surface area contributed by atoms with Crippen molar-refractivity contribution in [3.8, 4) is 11.5 Å².